The molecule has 0 bridgehead atoms. The van der Waals surface area contributed by atoms with E-state index in [9.17, 15) is 27.6 Å². The third-order valence-corrected chi connectivity index (χ3v) is 5.22. The maximum atomic E-state index is 13.1. The number of aromatic nitrogens is 1. The number of nitrogens with zero attached hydrogens (tertiary/aromatic N) is 3. The number of hydrogen-bond acceptors (Lipinski definition) is 5. The van der Waals surface area contributed by atoms with E-state index in [2.05, 4.69) is 15.0 Å². The highest BCUT2D eigenvalue weighted by Crippen LogP contribution is 2.49. The fourth-order valence-electron chi connectivity index (χ4n) is 3.57. The predicted molar refractivity (Wildman–Crippen MR) is 101 cm³/mol. The number of amides is 4. The second-order valence-electron chi connectivity index (χ2n) is 7.21. The topological polar surface area (TPSA) is 91.8 Å². The number of pyridine rings is 1. The molecule has 0 atom stereocenters. The summed E-state index contributed by atoms with van der Waals surface area (Å²) in [6.07, 6.45) is -2.43. The quantitative estimate of drug-likeness (QED) is 0.731. The zero-order chi connectivity index (χ0) is 22.4. The number of hydrogen-bond donors (Lipinski definition) is 1. The maximum Gasteiger partial charge on any atom is 0.573 e. The lowest BCUT2D eigenvalue weighted by Crippen LogP contribution is -2.36. The highest BCUT2D eigenvalue weighted by atomic mass is 19.4. The average Bonchev–Trinajstić information content (AvgIpc) is 3.50. The molecule has 1 aromatic heterocycles. The zero-order valence-electron chi connectivity index (χ0n) is 16.3. The molecule has 2 heterocycles. The summed E-state index contributed by atoms with van der Waals surface area (Å²) in [6, 6.07) is 7.16. The molecule has 2 aromatic rings. The number of benzene rings is 1. The van der Waals surface area contributed by atoms with Gasteiger partial charge in [0.05, 0.1) is 5.69 Å². The molecule has 1 N–H and O–H groups in total. The Morgan fingerprint density at radius 3 is 2.45 bits per heavy atom. The molecule has 2 aliphatic rings. The molecule has 1 saturated carbocycles. The average molecular weight is 434 g/mol. The van der Waals surface area contributed by atoms with Gasteiger partial charge in [0.15, 0.2) is 0 Å². The van der Waals surface area contributed by atoms with Crippen LogP contribution in [0.4, 0.5) is 23.7 Å². The van der Waals surface area contributed by atoms with Crippen LogP contribution in [-0.4, -0.2) is 46.7 Å². The second kappa shape index (κ2) is 7.25. The van der Waals surface area contributed by atoms with Crippen LogP contribution in [0.1, 0.15) is 28.9 Å². The Labute approximate surface area is 174 Å². The van der Waals surface area contributed by atoms with Gasteiger partial charge in [-0.15, -0.1) is 13.2 Å². The molecule has 1 aromatic carbocycles. The normalized spacial score (nSPS) is 17.3. The van der Waals surface area contributed by atoms with Gasteiger partial charge in [-0.05, 0) is 54.8 Å². The van der Waals surface area contributed by atoms with Crippen molar-refractivity contribution in [2.75, 3.05) is 11.9 Å². The Balaban J connectivity index is 1.58. The van der Waals surface area contributed by atoms with Gasteiger partial charge in [-0.3, -0.25) is 14.6 Å². The van der Waals surface area contributed by atoms with Gasteiger partial charge in [0, 0.05) is 19.8 Å². The molecule has 1 aliphatic heterocycles. The summed E-state index contributed by atoms with van der Waals surface area (Å²) >= 11 is 0. The molecule has 162 valence electrons. The molecule has 0 radical (unpaired) electrons. The van der Waals surface area contributed by atoms with Gasteiger partial charge in [-0.1, -0.05) is 0 Å². The van der Waals surface area contributed by atoms with E-state index in [1.807, 2.05) is 0 Å². The lowest BCUT2D eigenvalue weighted by atomic mass is 10.1. The monoisotopic (exact) mass is 434 g/mol. The summed E-state index contributed by atoms with van der Waals surface area (Å²) in [6.45, 7) is 0.0862. The van der Waals surface area contributed by atoms with E-state index in [1.54, 1.807) is 12.1 Å². The minimum atomic E-state index is -4.84. The number of urea groups is 1. The first-order valence-corrected chi connectivity index (χ1v) is 9.34. The van der Waals surface area contributed by atoms with E-state index < -0.39 is 29.6 Å². The van der Waals surface area contributed by atoms with Crippen LogP contribution in [0.3, 0.4) is 0 Å². The minimum absolute atomic E-state index is 0.0862. The molecule has 2 fully saturated rings. The molecule has 1 spiro atoms. The summed E-state index contributed by atoms with van der Waals surface area (Å²) in [5.74, 6) is -1.26. The van der Waals surface area contributed by atoms with Crippen molar-refractivity contribution in [2.24, 2.45) is 0 Å². The Bertz CT molecular complexity index is 1050. The molecule has 1 saturated heterocycles. The fourth-order valence-corrected chi connectivity index (χ4v) is 3.57. The van der Waals surface area contributed by atoms with E-state index in [0.29, 0.717) is 18.4 Å². The number of halogens is 3. The summed E-state index contributed by atoms with van der Waals surface area (Å²) in [7, 11) is 1.47. The Kier molecular flexibility index (Phi) is 4.83. The number of carbonyl (C=O) groups excluding carboxylic acids is 3. The molecule has 11 heteroatoms. The molecule has 31 heavy (non-hydrogen) atoms. The summed E-state index contributed by atoms with van der Waals surface area (Å²) in [5.41, 5.74) is -0.0231. The van der Waals surface area contributed by atoms with Crippen molar-refractivity contribution >= 4 is 23.5 Å². The third-order valence-electron chi connectivity index (χ3n) is 5.22. The van der Waals surface area contributed by atoms with Crippen LogP contribution in [0, 0.1) is 0 Å². The van der Waals surface area contributed by atoms with Gasteiger partial charge >= 0.3 is 12.4 Å². The summed E-state index contributed by atoms with van der Waals surface area (Å²) in [4.78, 5) is 44.3. The number of alkyl halides is 3. The van der Waals surface area contributed by atoms with Gasteiger partial charge in [0.1, 0.15) is 17.0 Å². The van der Waals surface area contributed by atoms with Crippen molar-refractivity contribution < 1.29 is 32.3 Å². The minimum Gasteiger partial charge on any atom is -0.406 e. The highest BCUT2D eigenvalue weighted by molar-refractivity contribution is 6.24. The predicted octanol–water partition coefficient (Wildman–Crippen LogP) is 2.84. The first-order chi connectivity index (χ1) is 14.6. The second-order valence-corrected chi connectivity index (χ2v) is 7.21. The van der Waals surface area contributed by atoms with Crippen LogP contribution >= 0.6 is 0 Å². The number of nitrogens with one attached hydrogen (secondary N) is 1. The molecule has 4 amide bonds. The van der Waals surface area contributed by atoms with Gasteiger partial charge in [-0.25, -0.2) is 9.69 Å². The summed E-state index contributed by atoms with van der Waals surface area (Å²) < 4.78 is 40.9. The van der Waals surface area contributed by atoms with Crippen molar-refractivity contribution in [2.45, 2.75) is 31.3 Å². The SMILES string of the molecule is CNC(=O)c1cc(CN2C(=O)N(c3ccc(OC(F)(F)F)cc3)C(=O)C23CC3)ccn1. The Morgan fingerprint density at radius 1 is 1.19 bits per heavy atom. The van der Waals surface area contributed by atoms with E-state index >= 15 is 0 Å². The lowest BCUT2D eigenvalue weighted by molar-refractivity contribution is -0.274. The molecule has 8 nitrogen and oxygen atoms in total. The van der Waals surface area contributed by atoms with Crippen LogP contribution in [0.25, 0.3) is 0 Å². The highest BCUT2D eigenvalue weighted by Gasteiger charge is 2.65. The number of carbonyl (C=O) groups is 3. The van der Waals surface area contributed by atoms with Crippen LogP contribution in [0.15, 0.2) is 42.6 Å². The number of rotatable bonds is 5. The van der Waals surface area contributed by atoms with E-state index in [-0.39, 0.29) is 23.8 Å². The van der Waals surface area contributed by atoms with Crippen molar-refractivity contribution in [3.8, 4) is 5.75 Å². The number of anilines is 1. The van der Waals surface area contributed by atoms with Crippen molar-refractivity contribution in [3.05, 3.63) is 53.9 Å². The van der Waals surface area contributed by atoms with Gasteiger partial charge in [0.2, 0.25) is 0 Å². The van der Waals surface area contributed by atoms with Gasteiger partial charge in [0.25, 0.3) is 11.8 Å². The largest absolute Gasteiger partial charge is 0.573 e. The fraction of sp³-hybridized carbons (Fsp3) is 0.300. The van der Waals surface area contributed by atoms with E-state index in [0.717, 1.165) is 17.0 Å². The third kappa shape index (κ3) is 3.78. The van der Waals surface area contributed by atoms with Crippen LogP contribution in [0.5, 0.6) is 5.75 Å². The lowest BCUT2D eigenvalue weighted by Gasteiger charge is -2.21. The van der Waals surface area contributed by atoms with Crippen LogP contribution < -0.4 is 15.0 Å². The molecule has 4 rings (SSSR count). The van der Waals surface area contributed by atoms with E-state index in [1.165, 1.54) is 30.3 Å². The maximum absolute atomic E-state index is 13.1. The van der Waals surface area contributed by atoms with Crippen LogP contribution in [-0.2, 0) is 11.3 Å². The van der Waals surface area contributed by atoms with Crippen LogP contribution in [0.2, 0.25) is 0 Å². The Morgan fingerprint density at radius 2 is 1.87 bits per heavy atom. The molecule has 1 aliphatic carbocycles. The summed E-state index contributed by atoms with van der Waals surface area (Å²) in [5, 5.41) is 2.47. The van der Waals surface area contributed by atoms with Crippen molar-refractivity contribution in [1.82, 2.24) is 15.2 Å². The van der Waals surface area contributed by atoms with Gasteiger partial charge < -0.3 is 15.0 Å². The molecular weight excluding hydrogens is 417 g/mol. The first kappa shape index (κ1) is 20.6. The zero-order valence-corrected chi connectivity index (χ0v) is 16.3. The molecular formula is C20H17F3N4O4. The van der Waals surface area contributed by atoms with Crippen molar-refractivity contribution in [1.29, 1.82) is 0 Å². The standard InChI is InChI=1S/C20H17F3N4O4/c1-24-16(28)15-10-12(6-9-25-15)11-26-18(30)27(17(29)19(26)7-8-19)13-2-4-14(5-3-13)31-20(21,22)23/h2-6,9-10H,7-8,11H2,1H3,(H,24,28). The van der Waals surface area contributed by atoms with E-state index in [4.69, 9.17) is 0 Å². The van der Waals surface area contributed by atoms with Crippen molar-refractivity contribution in [3.63, 3.8) is 0 Å². The number of imide groups is 1. The van der Waals surface area contributed by atoms with Gasteiger partial charge in [-0.2, -0.15) is 0 Å². The Hall–Kier alpha value is -3.63. The first-order valence-electron chi connectivity index (χ1n) is 9.34. The molecule has 0 unspecified atom stereocenters. The smallest absolute Gasteiger partial charge is 0.406 e. The number of ether oxygens (including phenoxy) is 1.